The van der Waals surface area contributed by atoms with Crippen LogP contribution in [0.5, 0.6) is 0 Å². The molecule has 0 aliphatic heterocycles. The van der Waals surface area contributed by atoms with Gasteiger partial charge in [-0.05, 0) is 84.6 Å². The molecule has 0 unspecified atom stereocenters. The Kier molecular flexibility index (Phi) is 6.02. The smallest absolute Gasteiger partial charge is 0.0440 e. The van der Waals surface area contributed by atoms with Crippen LogP contribution in [-0.4, -0.2) is 0 Å². The van der Waals surface area contributed by atoms with Crippen LogP contribution in [0.3, 0.4) is 0 Å². The van der Waals surface area contributed by atoms with Crippen LogP contribution in [0.1, 0.15) is 16.7 Å². The molecule has 2 heteroatoms. The topological polar surface area (TPSA) is 0 Å². The van der Waals surface area contributed by atoms with Gasteiger partial charge in [0.05, 0.1) is 0 Å². The van der Waals surface area contributed by atoms with Gasteiger partial charge in [-0.3, -0.25) is 0 Å². The Morgan fingerprint density at radius 3 is 1.90 bits per heavy atom. The first-order chi connectivity index (χ1) is 23.7. The lowest BCUT2D eigenvalue weighted by atomic mass is 9.83. The molecule has 2 aromatic heterocycles. The van der Waals surface area contributed by atoms with Crippen molar-refractivity contribution >= 4 is 107 Å². The molecule has 10 rings (SSSR count). The Bertz CT molecular complexity index is 2930. The highest BCUT2D eigenvalue weighted by Gasteiger charge is 2.20. The Labute approximate surface area is 286 Å². The molecule has 224 valence electrons. The van der Waals surface area contributed by atoms with E-state index in [2.05, 4.69) is 146 Å². The Hall–Kier alpha value is -5.54. The first-order valence-corrected chi connectivity index (χ1v) is 17.9. The summed E-state index contributed by atoms with van der Waals surface area (Å²) in [6.07, 6.45) is 1.93. The maximum atomic E-state index is 4.69. The monoisotopic (exact) mass is 644 g/mol. The molecule has 0 radical (unpaired) electrons. The summed E-state index contributed by atoms with van der Waals surface area (Å²) in [5.41, 5.74) is 6.90. The maximum absolute atomic E-state index is 4.69. The molecule has 0 N–H and O–H groups in total. The van der Waals surface area contributed by atoms with Gasteiger partial charge in [-0.15, -0.1) is 22.7 Å². The highest BCUT2D eigenvalue weighted by atomic mass is 32.1. The highest BCUT2D eigenvalue weighted by molar-refractivity contribution is 7.28. The first-order valence-electron chi connectivity index (χ1n) is 16.2. The fraction of sp³-hybridized carbons (Fsp3) is 0. The summed E-state index contributed by atoms with van der Waals surface area (Å²) < 4.78 is 5.39. The van der Waals surface area contributed by atoms with E-state index in [0.29, 0.717) is 0 Å². The van der Waals surface area contributed by atoms with Crippen LogP contribution in [0, 0.1) is 0 Å². The van der Waals surface area contributed by atoms with Crippen LogP contribution in [0.2, 0.25) is 0 Å². The van der Waals surface area contributed by atoms with Crippen molar-refractivity contribution in [2.75, 3.05) is 0 Å². The lowest BCUT2D eigenvalue weighted by molar-refractivity contribution is 1.57. The summed E-state index contributed by atoms with van der Waals surface area (Å²) in [6.45, 7) is 8.78. The molecule has 0 aliphatic carbocycles. The molecule has 0 saturated heterocycles. The third-order valence-corrected chi connectivity index (χ3v) is 12.3. The summed E-state index contributed by atoms with van der Waals surface area (Å²) in [7, 11) is 0. The minimum atomic E-state index is 1.02. The molecule has 0 amide bonds. The molecule has 0 aliphatic rings. The van der Waals surface area contributed by atoms with Gasteiger partial charge in [0.25, 0.3) is 0 Å². The number of rotatable bonds is 4. The second kappa shape index (κ2) is 10.5. The zero-order chi connectivity index (χ0) is 31.9. The number of fused-ring (bicyclic) bond motifs is 11. The normalized spacial score (nSPS) is 11.9. The van der Waals surface area contributed by atoms with Crippen LogP contribution < -0.4 is 0 Å². The van der Waals surface area contributed by atoms with Crippen molar-refractivity contribution in [3.63, 3.8) is 0 Å². The van der Waals surface area contributed by atoms with Gasteiger partial charge in [0.2, 0.25) is 0 Å². The Balaban J connectivity index is 1.26. The van der Waals surface area contributed by atoms with E-state index in [1.54, 1.807) is 0 Å². The van der Waals surface area contributed by atoms with E-state index < -0.39 is 0 Å². The lowest BCUT2D eigenvalue weighted by Crippen LogP contribution is -1.96. The molecule has 48 heavy (non-hydrogen) atoms. The Morgan fingerprint density at radius 2 is 1.12 bits per heavy atom. The standard InChI is InChI=1S/C46H28S2/c1-3-28-12-4-5-13-31(28)27(2)42-32-14-6-8-16-34(32)43(35-17-9-7-15-33(35)42)30-22-24-40-38(26-30)36-23-20-29-21-25-41-45(44(29)46(36)48-40)37-18-10-11-19-39(37)47-41/h3-26H,1-2H2. The third kappa shape index (κ3) is 3.88. The third-order valence-electron chi connectivity index (χ3n) is 9.99. The highest BCUT2D eigenvalue weighted by Crippen LogP contribution is 2.48. The van der Waals surface area contributed by atoms with E-state index >= 15 is 0 Å². The fourth-order valence-corrected chi connectivity index (χ4v) is 10.2. The van der Waals surface area contributed by atoms with Gasteiger partial charge in [-0.1, -0.05) is 134 Å². The quantitative estimate of drug-likeness (QED) is 0.167. The van der Waals surface area contributed by atoms with E-state index in [1.807, 2.05) is 28.7 Å². The van der Waals surface area contributed by atoms with Crippen LogP contribution in [0.25, 0.3) is 95.4 Å². The molecule has 2 heterocycles. The van der Waals surface area contributed by atoms with Crippen molar-refractivity contribution in [3.8, 4) is 11.1 Å². The Morgan fingerprint density at radius 1 is 0.500 bits per heavy atom. The van der Waals surface area contributed by atoms with Crippen molar-refractivity contribution in [2.45, 2.75) is 0 Å². The molecule has 0 fully saturated rings. The molecule has 0 saturated carbocycles. The van der Waals surface area contributed by atoms with Crippen molar-refractivity contribution in [3.05, 3.63) is 169 Å². The molecule has 0 spiro atoms. The number of thiophene rings is 2. The average Bonchev–Trinajstić information content (AvgIpc) is 3.71. The molecule has 10 aromatic rings. The summed E-state index contributed by atoms with van der Waals surface area (Å²) in [4.78, 5) is 0. The van der Waals surface area contributed by atoms with E-state index in [9.17, 15) is 0 Å². The summed E-state index contributed by atoms with van der Waals surface area (Å²) in [5.74, 6) is 0. The second-order valence-electron chi connectivity index (χ2n) is 12.5. The van der Waals surface area contributed by atoms with Crippen LogP contribution in [-0.2, 0) is 0 Å². The van der Waals surface area contributed by atoms with Gasteiger partial charge >= 0.3 is 0 Å². The zero-order valence-electron chi connectivity index (χ0n) is 26.1. The molecule has 0 atom stereocenters. The average molecular weight is 645 g/mol. The van der Waals surface area contributed by atoms with Gasteiger partial charge < -0.3 is 0 Å². The molecular formula is C46H28S2. The van der Waals surface area contributed by atoms with Crippen LogP contribution >= 0.6 is 22.7 Å². The van der Waals surface area contributed by atoms with Gasteiger partial charge in [-0.2, -0.15) is 0 Å². The number of hydrogen-bond acceptors (Lipinski definition) is 2. The zero-order valence-corrected chi connectivity index (χ0v) is 27.7. The van der Waals surface area contributed by atoms with Gasteiger partial charge in [-0.25, -0.2) is 0 Å². The van der Waals surface area contributed by atoms with E-state index in [4.69, 9.17) is 6.58 Å². The van der Waals surface area contributed by atoms with Crippen LogP contribution in [0.4, 0.5) is 0 Å². The maximum Gasteiger partial charge on any atom is 0.0440 e. The SMILES string of the molecule is C=Cc1ccccc1C(=C)c1c2ccccc2c(-c2ccc3sc4c(ccc5ccc6sc7ccccc7c6c54)c3c2)c2ccccc12. The second-order valence-corrected chi connectivity index (χ2v) is 14.6. The van der Waals surface area contributed by atoms with E-state index in [0.717, 1.165) is 16.7 Å². The fourth-order valence-electron chi connectivity index (χ4n) is 7.86. The van der Waals surface area contributed by atoms with Gasteiger partial charge in [0.1, 0.15) is 0 Å². The van der Waals surface area contributed by atoms with E-state index in [1.165, 1.54) is 89.4 Å². The number of benzene rings is 8. The van der Waals surface area contributed by atoms with Crippen LogP contribution in [0.15, 0.2) is 153 Å². The van der Waals surface area contributed by atoms with Gasteiger partial charge in [0.15, 0.2) is 0 Å². The molecule has 0 nitrogen and oxygen atoms in total. The van der Waals surface area contributed by atoms with Gasteiger partial charge in [0, 0.05) is 45.7 Å². The lowest BCUT2D eigenvalue weighted by Gasteiger charge is -2.20. The largest absolute Gasteiger partial charge is 0.135 e. The summed E-state index contributed by atoms with van der Waals surface area (Å²) in [5, 5.41) is 12.9. The predicted molar refractivity (Wildman–Crippen MR) is 215 cm³/mol. The predicted octanol–water partition coefficient (Wildman–Crippen LogP) is 14.3. The molecule has 8 aromatic carbocycles. The summed E-state index contributed by atoms with van der Waals surface area (Å²) >= 11 is 3.81. The first kappa shape index (κ1) is 27.6. The van der Waals surface area contributed by atoms with E-state index in [-0.39, 0.29) is 0 Å². The summed E-state index contributed by atoms with van der Waals surface area (Å²) in [6, 6.07) is 51.2. The minimum absolute atomic E-state index is 1.02. The van der Waals surface area contributed by atoms with Crippen molar-refractivity contribution in [1.29, 1.82) is 0 Å². The number of hydrogen-bond donors (Lipinski definition) is 0. The van der Waals surface area contributed by atoms with Crippen molar-refractivity contribution < 1.29 is 0 Å². The molecular weight excluding hydrogens is 617 g/mol. The van der Waals surface area contributed by atoms with Crippen molar-refractivity contribution in [2.24, 2.45) is 0 Å². The molecule has 0 bridgehead atoms. The van der Waals surface area contributed by atoms with Crippen molar-refractivity contribution in [1.82, 2.24) is 0 Å². The minimum Gasteiger partial charge on any atom is -0.135 e.